The Labute approximate surface area is 237 Å². The zero-order valence-corrected chi connectivity index (χ0v) is 24.0. The van der Waals surface area contributed by atoms with Gasteiger partial charge >= 0.3 is 5.97 Å². The smallest absolute Gasteiger partial charge is 0.322 e. The Morgan fingerprint density at radius 2 is 1.82 bits per heavy atom. The van der Waals surface area contributed by atoms with E-state index in [4.69, 9.17) is 19.3 Å². The van der Waals surface area contributed by atoms with E-state index in [0.717, 1.165) is 5.56 Å². The van der Waals surface area contributed by atoms with Gasteiger partial charge in [-0.2, -0.15) is 11.8 Å². The highest BCUT2D eigenvalue weighted by Gasteiger charge is 2.30. The lowest BCUT2D eigenvalue weighted by atomic mass is 9.95. The molecule has 1 aliphatic carbocycles. The number of thioether (sulfide) groups is 1. The van der Waals surface area contributed by atoms with Gasteiger partial charge in [-0.3, -0.25) is 19.2 Å². The summed E-state index contributed by atoms with van der Waals surface area (Å²) >= 11 is 1.53. The number of carboxylic acids is 1. The zero-order valence-electron chi connectivity index (χ0n) is 23.2. The molecule has 2 aromatic carbocycles. The van der Waals surface area contributed by atoms with Crippen LogP contribution in [0.1, 0.15) is 36.9 Å². The number of aryl methyl sites for hydroxylation is 1. The number of carboxylic acid groups (broad SMARTS) is 1. The number of rotatable bonds is 12. The monoisotopic (exact) mass is 573 g/mol. The van der Waals surface area contributed by atoms with Gasteiger partial charge in [-0.25, -0.2) is 0 Å². The van der Waals surface area contributed by atoms with Crippen molar-refractivity contribution in [2.45, 2.75) is 38.3 Å². The molecule has 3 rings (SSSR count). The van der Waals surface area contributed by atoms with E-state index in [1.54, 1.807) is 12.1 Å². The topological polar surface area (TPSA) is 152 Å². The Balaban J connectivity index is 2.21. The highest BCUT2D eigenvalue weighted by atomic mass is 32.2. The summed E-state index contributed by atoms with van der Waals surface area (Å²) in [5, 5.41) is 17.3. The maximum atomic E-state index is 13.5. The lowest BCUT2D eigenvalue weighted by Gasteiger charge is -2.19. The van der Waals surface area contributed by atoms with Crippen molar-refractivity contribution in [2.75, 3.05) is 45.2 Å². The van der Waals surface area contributed by atoms with E-state index in [9.17, 15) is 19.2 Å². The molecule has 4 N–H and O–H groups in total. The van der Waals surface area contributed by atoms with Crippen molar-refractivity contribution in [1.82, 2.24) is 10.6 Å². The van der Waals surface area contributed by atoms with Crippen LogP contribution in [0.25, 0.3) is 11.1 Å². The van der Waals surface area contributed by atoms with Crippen molar-refractivity contribution in [1.29, 1.82) is 0 Å². The molecular weight excluding hydrogens is 538 g/mol. The molecule has 0 bridgehead atoms. The summed E-state index contributed by atoms with van der Waals surface area (Å²) in [4.78, 5) is 49.4. The second-order valence-corrected chi connectivity index (χ2v) is 10.2. The number of carbonyl (C=O) groups excluding carboxylic acids is 2. The van der Waals surface area contributed by atoms with Crippen LogP contribution in [0.4, 0.5) is 5.69 Å². The van der Waals surface area contributed by atoms with E-state index >= 15 is 0 Å². The second kappa shape index (κ2) is 13.9. The van der Waals surface area contributed by atoms with Crippen molar-refractivity contribution in [3.63, 3.8) is 0 Å². The Morgan fingerprint density at radius 1 is 1.10 bits per heavy atom. The number of aliphatic carboxylic acids is 1. The molecule has 40 heavy (non-hydrogen) atoms. The van der Waals surface area contributed by atoms with Crippen molar-refractivity contribution in [2.24, 2.45) is 0 Å². The number of benzene rings is 1. The largest absolute Gasteiger partial charge is 0.493 e. The molecular formula is C28H35N3O8S. The molecule has 0 saturated heterocycles. The molecule has 0 aromatic heterocycles. The quantitative estimate of drug-likeness (QED) is 0.298. The fraction of sp³-hybridized carbons (Fsp3) is 0.429. The third-order valence-electron chi connectivity index (χ3n) is 6.59. The number of methoxy groups -OCH3 is 3. The van der Waals surface area contributed by atoms with Crippen LogP contribution in [0.2, 0.25) is 0 Å². The van der Waals surface area contributed by atoms with Crippen LogP contribution in [0, 0.1) is 0 Å². The summed E-state index contributed by atoms with van der Waals surface area (Å²) in [7, 11) is 4.57. The predicted octanol–water partition coefficient (Wildman–Crippen LogP) is 2.60. The standard InChI is InChI=1S/C28H35N3O8S/c1-15(32)30-19-8-6-16-12-23(37-2)26(38-3)27(39-4)25(16)17-7-9-20(22(33)13-18(17)19)31-21(10-11-40-5)28(36)29-14-24(34)35/h7,9,12-13,19,21H,6,8,10-11,14H2,1-5H3,(H,29,36)(H,30,32)(H,31,33)(H,34,35). The van der Waals surface area contributed by atoms with E-state index in [1.807, 2.05) is 12.3 Å². The van der Waals surface area contributed by atoms with Crippen LogP contribution in [-0.2, 0) is 20.8 Å². The predicted molar refractivity (Wildman–Crippen MR) is 154 cm³/mol. The van der Waals surface area contributed by atoms with Gasteiger partial charge in [0.2, 0.25) is 23.0 Å². The van der Waals surface area contributed by atoms with E-state index in [2.05, 4.69) is 16.0 Å². The van der Waals surface area contributed by atoms with Gasteiger partial charge in [-0.05, 0) is 66.2 Å². The van der Waals surface area contributed by atoms with Gasteiger partial charge in [-0.1, -0.05) is 6.07 Å². The van der Waals surface area contributed by atoms with Gasteiger partial charge in [0.1, 0.15) is 12.6 Å². The summed E-state index contributed by atoms with van der Waals surface area (Å²) in [6, 6.07) is 5.37. The summed E-state index contributed by atoms with van der Waals surface area (Å²) in [6.07, 6.45) is 3.33. The first kappa shape index (κ1) is 30.6. The number of hydrogen-bond acceptors (Lipinski definition) is 9. The number of fused-ring (bicyclic) bond motifs is 3. The first-order valence-electron chi connectivity index (χ1n) is 12.7. The molecule has 0 saturated carbocycles. The Kier molecular flexibility index (Phi) is 10.7. The molecule has 0 radical (unpaired) electrons. The molecule has 2 atom stereocenters. The third-order valence-corrected chi connectivity index (χ3v) is 7.23. The van der Waals surface area contributed by atoms with Crippen LogP contribution in [0.5, 0.6) is 17.2 Å². The molecule has 11 nitrogen and oxygen atoms in total. The van der Waals surface area contributed by atoms with E-state index in [0.29, 0.717) is 59.0 Å². The fourth-order valence-corrected chi connectivity index (χ4v) is 5.28. The zero-order chi connectivity index (χ0) is 29.4. The molecule has 1 aliphatic rings. The first-order valence-corrected chi connectivity index (χ1v) is 14.1. The molecule has 0 fully saturated rings. The van der Waals surface area contributed by atoms with E-state index < -0.39 is 30.5 Å². The number of nitrogens with one attached hydrogen (secondary N) is 3. The summed E-state index contributed by atoms with van der Waals surface area (Å²) < 4.78 is 17.0. The molecule has 0 aliphatic heterocycles. The van der Waals surface area contributed by atoms with Crippen LogP contribution < -0.4 is 35.6 Å². The minimum Gasteiger partial charge on any atom is -0.493 e. The molecule has 2 unspecified atom stereocenters. The van der Waals surface area contributed by atoms with E-state index in [-0.39, 0.29) is 17.0 Å². The molecule has 0 spiro atoms. The number of anilines is 1. The second-order valence-electron chi connectivity index (χ2n) is 9.19. The fourth-order valence-electron chi connectivity index (χ4n) is 4.81. The highest BCUT2D eigenvalue weighted by Crippen LogP contribution is 2.50. The molecule has 2 aromatic rings. The number of carbonyl (C=O) groups is 3. The number of hydrogen-bond donors (Lipinski definition) is 4. The lowest BCUT2D eigenvalue weighted by molar-refractivity contribution is -0.138. The Bertz CT molecular complexity index is 1330. The Morgan fingerprint density at radius 3 is 2.42 bits per heavy atom. The minimum absolute atomic E-state index is 0.159. The molecule has 2 amide bonds. The molecule has 0 heterocycles. The van der Waals surface area contributed by atoms with Gasteiger partial charge in [0.05, 0.1) is 33.1 Å². The third kappa shape index (κ3) is 6.98. The van der Waals surface area contributed by atoms with Gasteiger partial charge in [0.25, 0.3) is 0 Å². The number of amides is 2. The maximum Gasteiger partial charge on any atom is 0.322 e. The van der Waals surface area contributed by atoms with Crippen LogP contribution in [-0.4, -0.2) is 68.8 Å². The lowest BCUT2D eigenvalue weighted by Crippen LogP contribution is -2.42. The highest BCUT2D eigenvalue weighted by molar-refractivity contribution is 7.98. The average molecular weight is 574 g/mol. The summed E-state index contributed by atoms with van der Waals surface area (Å²) in [6.45, 7) is 0.891. The molecule has 12 heteroatoms. The minimum atomic E-state index is -1.17. The van der Waals surface area contributed by atoms with Crippen LogP contribution >= 0.6 is 11.8 Å². The Hall–Kier alpha value is -3.93. The summed E-state index contributed by atoms with van der Waals surface area (Å²) in [5.41, 5.74) is 2.62. The van der Waals surface area contributed by atoms with Crippen molar-refractivity contribution >= 4 is 35.2 Å². The van der Waals surface area contributed by atoms with Crippen molar-refractivity contribution < 1.29 is 33.7 Å². The van der Waals surface area contributed by atoms with Crippen molar-refractivity contribution in [3.8, 4) is 28.4 Å². The van der Waals surface area contributed by atoms with Gasteiger partial charge in [0, 0.05) is 12.5 Å². The van der Waals surface area contributed by atoms with Gasteiger partial charge < -0.3 is 35.3 Å². The SMILES string of the molecule is COc1cc2c(c(OC)c1OC)-c1ccc(NC(CCSC)C(=O)NCC(=O)O)c(=O)cc1C(NC(C)=O)CC2. The first-order chi connectivity index (χ1) is 19.1. The van der Waals surface area contributed by atoms with Gasteiger partial charge in [-0.15, -0.1) is 0 Å². The van der Waals surface area contributed by atoms with Gasteiger partial charge in [0.15, 0.2) is 11.5 Å². The van der Waals surface area contributed by atoms with E-state index in [1.165, 1.54) is 46.1 Å². The summed E-state index contributed by atoms with van der Waals surface area (Å²) in [5.74, 6) is -0.00228. The van der Waals surface area contributed by atoms with Crippen molar-refractivity contribution in [3.05, 3.63) is 45.6 Å². The normalized spacial score (nSPS) is 14.5. The maximum absolute atomic E-state index is 13.5. The number of ether oxygens (including phenoxy) is 3. The van der Waals surface area contributed by atoms with Crippen LogP contribution in [0.3, 0.4) is 0 Å². The van der Waals surface area contributed by atoms with Crippen LogP contribution in [0.15, 0.2) is 29.1 Å². The average Bonchev–Trinajstić information content (AvgIpc) is 3.16. The molecule has 216 valence electrons.